The van der Waals surface area contributed by atoms with Crippen LogP contribution in [-0.4, -0.2) is 91.0 Å². The maximum Gasteiger partial charge on any atom is 0.315 e. The first-order valence-electron chi connectivity index (χ1n) is 19.0. The standard InChI is InChI=1S/C37H58N6O7S2/c1-8-10-16-24(31(44)33(46)38-9-2)39-32(45)30-28-23(37(28,6)7)19-43(30)34(47)29(22-14-12-11-13-15-22)41-35(48)40-27(36(3,4)5)21-42-20-25-26(17-18-51-25)52(42,49)50/h17-18,22-24,27-30H,8-16,19-21H2,1-7H3,(H,38,46)(H,39,45)(H2,40,41,48)/t23-,24?,27?,28-,29-,30-/m0/s1. The quantitative estimate of drug-likeness (QED) is 0.209. The number of likely N-dealkylation sites (N-methyl/N-ethyl adjacent to an activating group) is 1. The Morgan fingerprint density at radius 1 is 1.02 bits per heavy atom. The number of nitrogens with zero attached hydrogens (tertiary/aromatic N) is 2. The molecule has 1 aromatic heterocycles. The van der Waals surface area contributed by atoms with E-state index in [1.807, 2.05) is 27.7 Å². The Kier molecular flexibility index (Phi) is 12.2. The molecule has 290 valence electrons. The van der Waals surface area contributed by atoms with Gasteiger partial charge in [0.2, 0.25) is 27.6 Å². The number of hydrogen-bond donors (Lipinski definition) is 4. The molecule has 4 aliphatic rings. The van der Waals surface area contributed by atoms with Crippen LogP contribution in [0.15, 0.2) is 16.3 Å². The van der Waals surface area contributed by atoms with Crippen LogP contribution in [0.3, 0.4) is 0 Å². The predicted octanol–water partition coefficient (Wildman–Crippen LogP) is 3.78. The van der Waals surface area contributed by atoms with E-state index in [2.05, 4.69) is 35.1 Å². The van der Waals surface area contributed by atoms with Crippen molar-refractivity contribution in [3.8, 4) is 0 Å². The summed E-state index contributed by atoms with van der Waals surface area (Å²) in [5.41, 5.74) is -0.705. The Balaban J connectivity index is 1.35. The summed E-state index contributed by atoms with van der Waals surface area (Å²) in [6, 6.07) is -2.26. The highest BCUT2D eigenvalue weighted by Gasteiger charge is 2.69. The van der Waals surface area contributed by atoms with Gasteiger partial charge in [-0.15, -0.1) is 11.3 Å². The van der Waals surface area contributed by atoms with Gasteiger partial charge in [0.1, 0.15) is 12.1 Å². The molecule has 2 saturated carbocycles. The fourth-order valence-electron chi connectivity index (χ4n) is 8.48. The highest BCUT2D eigenvalue weighted by Crippen LogP contribution is 2.65. The molecule has 3 fully saturated rings. The highest BCUT2D eigenvalue weighted by atomic mass is 32.2. The molecule has 0 bridgehead atoms. The summed E-state index contributed by atoms with van der Waals surface area (Å²) in [7, 11) is -3.68. The third-order valence-electron chi connectivity index (χ3n) is 11.9. The van der Waals surface area contributed by atoms with E-state index in [1.165, 1.54) is 15.6 Å². The second-order valence-corrected chi connectivity index (χ2v) is 19.6. The summed E-state index contributed by atoms with van der Waals surface area (Å²) >= 11 is 1.40. The van der Waals surface area contributed by atoms with Gasteiger partial charge < -0.3 is 26.2 Å². The van der Waals surface area contributed by atoms with Gasteiger partial charge in [-0.2, -0.15) is 4.31 Å². The first kappa shape index (κ1) is 40.2. The van der Waals surface area contributed by atoms with Crippen molar-refractivity contribution in [1.82, 2.24) is 30.5 Å². The molecule has 5 amide bonds. The smallest absolute Gasteiger partial charge is 0.315 e. The van der Waals surface area contributed by atoms with E-state index in [0.29, 0.717) is 24.3 Å². The lowest BCUT2D eigenvalue weighted by Crippen LogP contribution is -2.61. The topological polar surface area (TPSA) is 174 Å². The third-order valence-corrected chi connectivity index (χ3v) is 14.8. The van der Waals surface area contributed by atoms with Crippen molar-refractivity contribution in [3.05, 3.63) is 16.3 Å². The van der Waals surface area contributed by atoms with Crippen LogP contribution in [0.1, 0.15) is 105 Å². The molecule has 13 nitrogen and oxygen atoms in total. The van der Waals surface area contributed by atoms with Crippen LogP contribution in [0.5, 0.6) is 0 Å². The van der Waals surface area contributed by atoms with Crippen molar-refractivity contribution in [2.75, 3.05) is 19.6 Å². The molecular weight excluding hydrogens is 705 g/mol. The molecule has 5 rings (SSSR count). The monoisotopic (exact) mass is 762 g/mol. The number of amides is 5. The zero-order valence-electron chi connectivity index (χ0n) is 31.8. The molecule has 0 spiro atoms. The second kappa shape index (κ2) is 15.7. The van der Waals surface area contributed by atoms with Gasteiger partial charge in [0.05, 0.1) is 10.9 Å². The van der Waals surface area contributed by atoms with Crippen LogP contribution >= 0.6 is 11.3 Å². The molecule has 52 heavy (non-hydrogen) atoms. The van der Waals surface area contributed by atoms with Gasteiger partial charge >= 0.3 is 6.03 Å². The van der Waals surface area contributed by atoms with Crippen molar-refractivity contribution in [2.45, 2.75) is 135 Å². The number of fused-ring (bicyclic) bond motifs is 2. The van der Waals surface area contributed by atoms with Gasteiger partial charge in [-0.3, -0.25) is 19.2 Å². The molecule has 15 heteroatoms. The van der Waals surface area contributed by atoms with Crippen molar-refractivity contribution >= 4 is 50.9 Å². The molecule has 2 aliphatic carbocycles. The summed E-state index contributed by atoms with van der Waals surface area (Å²) in [6.07, 6.45) is 6.09. The van der Waals surface area contributed by atoms with E-state index in [0.717, 1.165) is 43.4 Å². The van der Waals surface area contributed by atoms with Crippen LogP contribution in [0.2, 0.25) is 0 Å². The molecule has 4 N–H and O–H groups in total. The lowest BCUT2D eigenvalue weighted by molar-refractivity contribution is -0.144. The summed E-state index contributed by atoms with van der Waals surface area (Å²) in [5, 5.41) is 13.2. The molecule has 0 aromatic carbocycles. The predicted molar refractivity (Wildman–Crippen MR) is 199 cm³/mol. The van der Waals surface area contributed by atoms with Crippen LogP contribution in [0, 0.1) is 28.6 Å². The SMILES string of the molecule is CCCCC(NC(=O)[C@@H]1[C@@H]2[C@H](CN1C(=O)[C@@H](NC(=O)NC(CN1Cc3sccc3S1(=O)=O)C(C)(C)C)C1CCCCC1)C2(C)C)C(=O)C(=O)NCC. The van der Waals surface area contributed by atoms with Gasteiger partial charge in [0, 0.05) is 37.1 Å². The maximum atomic E-state index is 14.7. The second-order valence-electron chi connectivity index (χ2n) is 16.7. The highest BCUT2D eigenvalue weighted by molar-refractivity contribution is 7.89. The van der Waals surface area contributed by atoms with Crippen LogP contribution < -0.4 is 21.3 Å². The molecular formula is C37H58N6O7S2. The number of Topliss-reactive ketones (excluding diaryl/α,β-unsaturated/α-hetero) is 1. The lowest BCUT2D eigenvalue weighted by Gasteiger charge is -2.38. The van der Waals surface area contributed by atoms with E-state index in [4.69, 9.17) is 0 Å². The van der Waals surface area contributed by atoms with Gasteiger partial charge in [0.15, 0.2) is 0 Å². The fourth-order valence-corrected chi connectivity index (χ4v) is 11.4. The van der Waals surface area contributed by atoms with Gasteiger partial charge in [-0.1, -0.05) is 73.6 Å². The molecule has 3 heterocycles. The molecule has 1 aromatic rings. The molecule has 6 atom stereocenters. The number of likely N-dealkylation sites (tertiary alicyclic amines) is 1. The number of unbranched alkanes of at least 4 members (excludes halogenated alkanes) is 1. The summed E-state index contributed by atoms with van der Waals surface area (Å²) in [4.78, 5) is 71.0. The maximum absolute atomic E-state index is 14.7. The van der Waals surface area contributed by atoms with Crippen LogP contribution in [-0.2, 0) is 35.7 Å². The minimum absolute atomic E-state index is 0.0731. The molecule has 1 saturated heterocycles. The first-order chi connectivity index (χ1) is 24.4. The number of hydrogen-bond acceptors (Lipinski definition) is 8. The van der Waals surface area contributed by atoms with E-state index in [1.54, 1.807) is 23.3 Å². The number of rotatable bonds is 14. The zero-order valence-corrected chi connectivity index (χ0v) is 33.4. The van der Waals surface area contributed by atoms with Crippen molar-refractivity contribution in [1.29, 1.82) is 0 Å². The van der Waals surface area contributed by atoms with Crippen molar-refractivity contribution in [3.63, 3.8) is 0 Å². The van der Waals surface area contributed by atoms with Crippen LogP contribution in [0.25, 0.3) is 0 Å². The Labute approximate surface area is 312 Å². The van der Waals surface area contributed by atoms with Crippen molar-refractivity contribution in [2.24, 2.45) is 28.6 Å². The van der Waals surface area contributed by atoms with Gasteiger partial charge in [-0.25, -0.2) is 13.2 Å². The number of carbonyl (C=O) groups is 5. The van der Waals surface area contributed by atoms with Crippen molar-refractivity contribution < 1.29 is 32.4 Å². The largest absolute Gasteiger partial charge is 0.350 e. The average Bonchev–Trinajstić information content (AvgIpc) is 3.54. The summed E-state index contributed by atoms with van der Waals surface area (Å²) in [6.45, 7) is 14.6. The number of sulfonamides is 1. The Morgan fingerprint density at radius 3 is 2.33 bits per heavy atom. The number of piperidine rings is 1. The van der Waals surface area contributed by atoms with E-state index >= 15 is 0 Å². The minimum atomic E-state index is -3.68. The van der Waals surface area contributed by atoms with E-state index < -0.39 is 63.2 Å². The first-order valence-corrected chi connectivity index (χ1v) is 21.3. The average molecular weight is 763 g/mol. The number of carbonyl (C=O) groups excluding carboxylic acids is 5. The molecule has 0 radical (unpaired) electrons. The van der Waals surface area contributed by atoms with Gasteiger partial charge in [-0.05, 0) is 66.2 Å². The summed E-state index contributed by atoms with van der Waals surface area (Å²) in [5.74, 6) is -2.41. The van der Waals surface area contributed by atoms with E-state index in [9.17, 15) is 32.4 Å². The number of nitrogens with one attached hydrogen (secondary N) is 4. The third kappa shape index (κ3) is 8.20. The van der Waals surface area contributed by atoms with Crippen LogP contribution in [0.4, 0.5) is 4.79 Å². The molecule has 2 aliphatic heterocycles. The Hall–Kier alpha value is -3.04. The van der Waals surface area contributed by atoms with Gasteiger partial charge in [0.25, 0.3) is 5.91 Å². The minimum Gasteiger partial charge on any atom is -0.350 e. The summed E-state index contributed by atoms with van der Waals surface area (Å²) < 4.78 is 28.0. The zero-order chi connectivity index (χ0) is 38.2. The number of thiophene rings is 1. The Morgan fingerprint density at radius 2 is 1.71 bits per heavy atom. The number of ketones is 1. The lowest BCUT2D eigenvalue weighted by atomic mass is 9.83. The number of urea groups is 1. The molecule has 2 unspecified atom stereocenters. The van der Waals surface area contributed by atoms with E-state index in [-0.39, 0.29) is 48.7 Å². The fraction of sp³-hybridized carbons (Fsp3) is 0.757. The Bertz CT molecular complexity index is 1630. The normalized spacial score (nSPS) is 25.3.